The summed E-state index contributed by atoms with van der Waals surface area (Å²) in [5.74, 6) is 3.33. The van der Waals surface area contributed by atoms with Gasteiger partial charge < -0.3 is 9.97 Å². The number of nitrogens with one attached hydrogen (secondary N) is 2. The standard InChI is InChI=1S/C24H14N10/c1-3-17-27-18(4-1)30-22-14-8-10-26-12-16(14)24(34-22)32-20-6-2-5-19(28-20)31-23-15-11-25-9-7-13(15)21(29-17)33-23/h1-12H,(H2,27,28,29,30,31,32,33,34). The Balaban J connectivity index is 1.62. The van der Waals surface area contributed by atoms with Crippen LogP contribution < -0.4 is 11.0 Å². The van der Waals surface area contributed by atoms with E-state index in [2.05, 4.69) is 29.9 Å². The molecule has 0 aromatic carbocycles. The average Bonchev–Trinajstić information content (AvgIpc) is 3.37. The Kier molecular flexibility index (Phi) is 3.91. The fourth-order valence-electron chi connectivity index (χ4n) is 3.92. The Morgan fingerprint density at radius 2 is 0.971 bits per heavy atom. The van der Waals surface area contributed by atoms with Crippen LogP contribution in [0.5, 0.6) is 0 Å². The third kappa shape index (κ3) is 3.05. The van der Waals surface area contributed by atoms with Crippen LogP contribution in [-0.4, -0.2) is 49.8 Å². The summed E-state index contributed by atoms with van der Waals surface area (Å²) in [6.45, 7) is 0. The first-order valence-corrected chi connectivity index (χ1v) is 10.5. The summed E-state index contributed by atoms with van der Waals surface area (Å²) in [6.07, 6.45) is 18.1. The lowest BCUT2D eigenvalue weighted by atomic mass is 10.1. The summed E-state index contributed by atoms with van der Waals surface area (Å²) in [5.41, 5.74) is 4.52. The minimum Gasteiger partial charge on any atom is -0.325 e. The Labute approximate surface area is 191 Å². The van der Waals surface area contributed by atoms with Crippen molar-refractivity contribution in [2.24, 2.45) is 0 Å². The van der Waals surface area contributed by atoms with Crippen LogP contribution in [0.4, 0.5) is 0 Å². The van der Waals surface area contributed by atoms with E-state index in [1.54, 1.807) is 24.8 Å². The van der Waals surface area contributed by atoms with E-state index in [0.29, 0.717) is 45.9 Å². The number of aromatic amines is 2. The molecular formula is C24H14N10. The van der Waals surface area contributed by atoms with E-state index in [4.69, 9.17) is 19.9 Å². The highest BCUT2D eigenvalue weighted by Gasteiger charge is 2.20. The molecule has 0 amide bonds. The SMILES string of the molecule is C1=Cc2nc3nc(nc4[nH]c(nc5nc(nc([nH]2)=C1)-c1ccncc1-5)C=CC=4)-c1cnccc1-3. The molecule has 7 heterocycles. The molecule has 10 nitrogen and oxygen atoms in total. The lowest BCUT2D eigenvalue weighted by Gasteiger charge is -1.99. The predicted octanol–water partition coefficient (Wildman–Crippen LogP) is 1.79. The molecule has 10 heteroatoms. The van der Waals surface area contributed by atoms with Crippen molar-refractivity contribution in [2.45, 2.75) is 0 Å². The fourth-order valence-corrected chi connectivity index (χ4v) is 3.92. The summed E-state index contributed by atoms with van der Waals surface area (Å²) in [6, 6.07) is 3.76. The zero-order valence-electron chi connectivity index (χ0n) is 17.5. The number of rotatable bonds is 0. The molecule has 34 heavy (non-hydrogen) atoms. The second-order valence-corrected chi connectivity index (χ2v) is 7.65. The quantitative estimate of drug-likeness (QED) is 0.371. The Morgan fingerprint density at radius 1 is 0.500 bits per heavy atom. The Hall–Kier alpha value is -5.12. The number of H-pyrrole nitrogens is 2. The van der Waals surface area contributed by atoms with Crippen molar-refractivity contribution in [3.8, 4) is 45.6 Å². The number of nitrogens with zero attached hydrogens (tertiary/aromatic N) is 8. The third-order valence-electron chi connectivity index (χ3n) is 5.46. The predicted molar refractivity (Wildman–Crippen MR) is 125 cm³/mol. The van der Waals surface area contributed by atoms with Crippen molar-refractivity contribution in [3.63, 3.8) is 0 Å². The van der Waals surface area contributed by atoms with Crippen LogP contribution in [0.25, 0.3) is 69.9 Å². The molecule has 8 bridgehead atoms. The molecule has 7 rings (SSSR count). The molecule has 0 radical (unpaired) electrons. The molecule has 0 saturated heterocycles. The molecule has 2 N–H and O–H groups in total. The number of allylic oxidation sites excluding steroid dienone is 2. The molecule has 160 valence electrons. The van der Waals surface area contributed by atoms with Gasteiger partial charge in [-0.2, -0.15) is 0 Å². The minimum absolute atomic E-state index is 0.520. The second-order valence-electron chi connectivity index (χ2n) is 7.65. The fraction of sp³-hybridized carbons (Fsp3) is 0. The first-order chi connectivity index (χ1) is 16.8. The average molecular weight is 442 g/mol. The highest BCUT2D eigenvalue weighted by atomic mass is 15.1. The minimum atomic E-state index is 0.520. The maximum atomic E-state index is 4.74. The van der Waals surface area contributed by atoms with Gasteiger partial charge in [-0.1, -0.05) is 12.2 Å². The topological polar surface area (TPSA) is 135 Å². The summed E-state index contributed by atoms with van der Waals surface area (Å²) >= 11 is 0. The number of pyridine rings is 2. The molecule has 4 aliphatic heterocycles. The molecule has 3 aromatic heterocycles. The molecule has 0 fully saturated rings. The lowest BCUT2D eigenvalue weighted by Crippen LogP contribution is -2.14. The van der Waals surface area contributed by atoms with Gasteiger partial charge in [0.2, 0.25) is 0 Å². The third-order valence-corrected chi connectivity index (χ3v) is 5.46. The van der Waals surface area contributed by atoms with Crippen LogP contribution in [0.1, 0.15) is 11.6 Å². The van der Waals surface area contributed by atoms with Crippen molar-refractivity contribution in [2.75, 3.05) is 0 Å². The molecule has 0 saturated carbocycles. The van der Waals surface area contributed by atoms with Gasteiger partial charge in [0.15, 0.2) is 23.3 Å². The second kappa shape index (κ2) is 7.20. The maximum Gasteiger partial charge on any atom is 0.166 e. The summed E-state index contributed by atoms with van der Waals surface area (Å²) < 4.78 is 0. The van der Waals surface area contributed by atoms with Gasteiger partial charge in [-0.25, -0.2) is 29.9 Å². The van der Waals surface area contributed by atoms with Crippen molar-refractivity contribution in [1.29, 1.82) is 0 Å². The number of aromatic nitrogens is 10. The summed E-state index contributed by atoms with van der Waals surface area (Å²) in [4.78, 5) is 43.3. The van der Waals surface area contributed by atoms with Crippen molar-refractivity contribution in [3.05, 3.63) is 71.7 Å². The number of hydrogen-bond donors (Lipinski definition) is 2. The van der Waals surface area contributed by atoms with Crippen LogP contribution in [0.2, 0.25) is 0 Å². The van der Waals surface area contributed by atoms with E-state index < -0.39 is 0 Å². The molecular weight excluding hydrogens is 428 g/mol. The maximum absolute atomic E-state index is 4.74. The van der Waals surface area contributed by atoms with Crippen molar-refractivity contribution >= 4 is 24.3 Å². The van der Waals surface area contributed by atoms with Crippen molar-refractivity contribution < 1.29 is 0 Å². The van der Waals surface area contributed by atoms with Gasteiger partial charge in [0.05, 0.1) is 0 Å². The normalized spacial score (nSPS) is 12.9. The van der Waals surface area contributed by atoms with Gasteiger partial charge in [0.25, 0.3) is 0 Å². The van der Waals surface area contributed by atoms with Crippen LogP contribution in [0.3, 0.4) is 0 Å². The highest BCUT2D eigenvalue weighted by Crippen LogP contribution is 2.32. The van der Waals surface area contributed by atoms with Gasteiger partial charge in [-0.15, -0.1) is 0 Å². The molecule has 0 spiro atoms. The number of hydrogen-bond acceptors (Lipinski definition) is 8. The van der Waals surface area contributed by atoms with Crippen LogP contribution >= 0.6 is 0 Å². The van der Waals surface area contributed by atoms with E-state index in [9.17, 15) is 0 Å². The molecule has 0 atom stereocenters. The highest BCUT2D eigenvalue weighted by molar-refractivity contribution is 5.82. The van der Waals surface area contributed by atoms with E-state index in [0.717, 1.165) is 22.3 Å². The van der Waals surface area contributed by atoms with Crippen LogP contribution in [0, 0.1) is 0 Å². The monoisotopic (exact) mass is 442 g/mol. The lowest BCUT2D eigenvalue weighted by molar-refractivity contribution is 1.01. The Bertz CT molecular complexity index is 1640. The van der Waals surface area contributed by atoms with Gasteiger partial charge in [-0.3, -0.25) is 9.97 Å². The van der Waals surface area contributed by atoms with E-state index in [-0.39, 0.29) is 0 Å². The molecule has 0 unspecified atom stereocenters. The first-order valence-electron chi connectivity index (χ1n) is 10.5. The first kappa shape index (κ1) is 18.5. The summed E-state index contributed by atoms with van der Waals surface area (Å²) in [5, 5.41) is 0. The van der Waals surface area contributed by atoms with Gasteiger partial charge >= 0.3 is 0 Å². The van der Waals surface area contributed by atoms with Gasteiger partial charge in [0, 0.05) is 47.0 Å². The molecule has 0 aliphatic carbocycles. The smallest absolute Gasteiger partial charge is 0.166 e. The van der Waals surface area contributed by atoms with E-state index in [1.165, 1.54) is 0 Å². The van der Waals surface area contributed by atoms with Crippen LogP contribution in [0.15, 0.2) is 49.1 Å². The largest absolute Gasteiger partial charge is 0.325 e. The molecule has 4 aliphatic rings. The van der Waals surface area contributed by atoms with Crippen molar-refractivity contribution in [1.82, 2.24) is 49.8 Å². The molecule has 3 aromatic rings. The zero-order valence-corrected chi connectivity index (χ0v) is 17.5. The van der Waals surface area contributed by atoms with E-state index >= 15 is 0 Å². The Morgan fingerprint density at radius 3 is 1.53 bits per heavy atom. The van der Waals surface area contributed by atoms with E-state index in [1.807, 2.05) is 48.6 Å². The van der Waals surface area contributed by atoms with Gasteiger partial charge in [-0.05, 0) is 36.4 Å². The van der Waals surface area contributed by atoms with Crippen LogP contribution in [-0.2, 0) is 0 Å². The van der Waals surface area contributed by atoms with Gasteiger partial charge in [0.1, 0.15) is 22.6 Å². The number of fused-ring (bicyclic) bond motifs is 14. The summed E-state index contributed by atoms with van der Waals surface area (Å²) in [7, 11) is 0. The zero-order chi connectivity index (χ0) is 22.5.